The number of anilines is 1. The Bertz CT molecular complexity index is 706. The largest absolute Gasteiger partial charge is 0.452 e. The lowest BCUT2D eigenvalue weighted by Gasteiger charge is -2.16. The van der Waals surface area contributed by atoms with E-state index in [0.29, 0.717) is 6.07 Å². The third-order valence-electron chi connectivity index (χ3n) is 3.56. The number of nitrogens with zero attached hydrogens (tertiary/aromatic N) is 1. The number of esters is 1. The van der Waals surface area contributed by atoms with Gasteiger partial charge in [-0.3, -0.25) is 24.1 Å². The molecule has 134 valence electrons. The van der Waals surface area contributed by atoms with Crippen molar-refractivity contribution in [3.63, 3.8) is 0 Å². The minimum atomic E-state index is -1.23. The number of carbonyl (C=O) groups excluding carboxylic acids is 4. The number of hydrogen-bond acceptors (Lipinski definition) is 5. The second kappa shape index (κ2) is 7.82. The highest BCUT2D eigenvalue weighted by molar-refractivity contribution is 6.02. The summed E-state index contributed by atoms with van der Waals surface area (Å²) in [5.41, 5.74) is -0.248. The number of hydrogen-bond donors (Lipinski definition) is 1. The monoisotopic (exact) mass is 354 g/mol. The van der Waals surface area contributed by atoms with E-state index < -0.39 is 29.6 Å². The van der Waals surface area contributed by atoms with E-state index in [0.717, 1.165) is 17.0 Å². The van der Waals surface area contributed by atoms with Crippen molar-refractivity contribution in [3.05, 3.63) is 29.8 Å². The van der Waals surface area contributed by atoms with Gasteiger partial charge in [0.15, 0.2) is 6.10 Å². The number of imide groups is 1. The molecule has 25 heavy (non-hydrogen) atoms. The molecule has 0 spiro atoms. The zero-order chi connectivity index (χ0) is 18.6. The van der Waals surface area contributed by atoms with Crippen LogP contribution in [0.2, 0.25) is 0 Å². The summed E-state index contributed by atoms with van der Waals surface area (Å²) >= 11 is 0. The molecule has 1 aliphatic rings. The fourth-order valence-corrected chi connectivity index (χ4v) is 2.21. The van der Waals surface area contributed by atoms with Crippen molar-refractivity contribution in [3.8, 4) is 0 Å². The molecule has 1 aromatic carbocycles. The molecule has 3 amide bonds. The topological polar surface area (TPSA) is 92.8 Å². The van der Waals surface area contributed by atoms with Gasteiger partial charge in [0.05, 0.1) is 12.1 Å². The fourth-order valence-electron chi connectivity index (χ4n) is 2.21. The van der Waals surface area contributed by atoms with E-state index in [1.165, 1.54) is 6.92 Å². The first-order chi connectivity index (χ1) is 11.8. The molecule has 0 bridgehead atoms. The molecular weight excluding hydrogens is 338 g/mol. The molecule has 0 radical (unpaired) electrons. The third-order valence-corrected chi connectivity index (χ3v) is 3.56. The number of ether oxygens (including phenoxy) is 1. The van der Waals surface area contributed by atoms with Gasteiger partial charge in [-0.25, -0.2) is 8.78 Å². The molecule has 1 unspecified atom stereocenters. The fraction of sp³-hybridized carbons (Fsp3) is 0.375. The summed E-state index contributed by atoms with van der Waals surface area (Å²) in [6.45, 7) is 1.16. The van der Waals surface area contributed by atoms with Crippen LogP contribution in [-0.2, 0) is 23.9 Å². The summed E-state index contributed by atoms with van der Waals surface area (Å²) < 4.78 is 31.2. The first-order valence-corrected chi connectivity index (χ1v) is 7.56. The lowest BCUT2D eigenvalue weighted by molar-refractivity contribution is -0.154. The predicted molar refractivity (Wildman–Crippen MR) is 81.1 cm³/mol. The lowest BCUT2D eigenvalue weighted by atomic mass is 10.2. The van der Waals surface area contributed by atoms with Gasteiger partial charge in [-0.05, 0) is 19.1 Å². The van der Waals surface area contributed by atoms with E-state index in [2.05, 4.69) is 5.32 Å². The highest BCUT2D eigenvalue weighted by atomic mass is 19.1. The van der Waals surface area contributed by atoms with Crippen LogP contribution in [0.15, 0.2) is 18.2 Å². The van der Waals surface area contributed by atoms with Gasteiger partial charge in [0, 0.05) is 25.5 Å². The van der Waals surface area contributed by atoms with E-state index in [1.807, 2.05) is 0 Å². The number of benzene rings is 1. The Morgan fingerprint density at radius 2 is 1.88 bits per heavy atom. The normalized spacial score (nSPS) is 15.2. The second-order valence-electron chi connectivity index (χ2n) is 5.43. The van der Waals surface area contributed by atoms with Crippen molar-refractivity contribution in [2.75, 3.05) is 11.9 Å². The second-order valence-corrected chi connectivity index (χ2v) is 5.43. The van der Waals surface area contributed by atoms with Crippen LogP contribution in [0.3, 0.4) is 0 Å². The van der Waals surface area contributed by atoms with Gasteiger partial charge in [0.25, 0.3) is 5.91 Å². The highest BCUT2D eigenvalue weighted by Gasteiger charge is 2.29. The maximum atomic E-state index is 13.5. The Labute approximate surface area is 141 Å². The van der Waals surface area contributed by atoms with Gasteiger partial charge in [0.2, 0.25) is 11.8 Å². The molecule has 1 N–H and O–H groups in total. The SMILES string of the molecule is CC(OC(=O)CCN1C(=O)CCC1=O)C(=O)Nc1ccc(F)cc1F. The average molecular weight is 354 g/mol. The standard InChI is InChI=1S/C16H16F2N2O5/c1-9(16(24)19-12-3-2-10(17)8-11(12)18)25-15(23)6-7-20-13(21)4-5-14(20)22/h2-3,8-9H,4-7H2,1H3,(H,19,24). The Hall–Kier alpha value is -2.84. The van der Waals surface area contributed by atoms with Gasteiger partial charge in [-0.15, -0.1) is 0 Å². The van der Waals surface area contributed by atoms with Crippen LogP contribution in [0.25, 0.3) is 0 Å². The summed E-state index contributed by atoms with van der Waals surface area (Å²) in [6.07, 6.45) is -1.24. The zero-order valence-electron chi connectivity index (χ0n) is 13.4. The van der Waals surface area contributed by atoms with Gasteiger partial charge >= 0.3 is 5.97 Å². The Morgan fingerprint density at radius 3 is 2.48 bits per heavy atom. The maximum absolute atomic E-state index is 13.5. The molecule has 7 nitrogen and oxygen atoms in total. The van der Waals surface area contributed by atoms with Gasteiger partial charge in [-0.1, -0.05) is 0 Å². The molecule has 9 heteroatoms. The zero-order valence-corrected chi connectivity index (χ0v) is 13.4. The van der Waals surface area contributed by atoms with Crippen molar-refractivity contribution >= 4 is 29.4 Å². The van der Waals surface area contributed by atoms with Crippen LogP contribution in [0, 0.1) is 11.6 Å². The summed E-state index contributed by atoms with van der Waals surface area (Å²) in [5, 5.41) is 2.18. The summed E-state index contributed by atoms with van der Waals surface area (Å²) in [4.78, 5) is 47.4. The van der Waals surface area contributed by atoms with E-state index >= 15 is 0 Å². The smallest absolute Gasteiger partial charge is 0.308 e. The predicted octanol–water partition coefficient (Wildman–Crippen LogP) is 1.37. The number of nitrogens with one attached hydrogen (secondary N) is 1. The molecular formula is C16H16F2N2O5. The van der Waals surface area contributed by atoms with Crippen LogP contribution in [0.5, 0.6) is 0 Å². The molecule has 2 rings (SSSR count). The Kier molecular flexibility index (Phi) is 5.79. The van der Waals surface area contributed by atoms with Crippen LogP contribution in [0.4, 0.5) is 14.5 Å². The van der Waals surface area contributed by atoms with E-state index in [1.54, 1.807) is 0 Å². The molecule has 1 aromatic rings. The number of amides is 3. The van der Waals surface area contributed by atoms with Crippen molar-refractivity contribution < 1.29 is 32.7 Å². The van der Waals surface area contributed by atoms with Crippen LogP contribution >= 0.6 is 0 Å². The maximum Gasteiger partial charge on any atom is 0.308 e. The summed E-state index contributed by atoms with van der Waals surface area (Å²) in [6, 6.07) is 2.62. The number of likely N-dealkylation sites (tertiary alicyclic amines) is 1. The van der Waals surface area contributed by atoms with E-state index in [-0.39, 0.29) is 43.3 Å². The molecule has 1 atom stereocenters. The van der Waals surface area contributed by atoms with E-state index in [4.69, 9.17) is 4.74 Å². The number of carbonyl (C=O) groups is 4. The third kappa shape index (κ3) is 4.82. The summed E-state index contributed by atoms with van der Waals surface area (Å²) in [7, 11) is 0. The van der Waals surface area contributed by atoms with Gasteiger partial charge in [-0.2, -0.15) is 0 Å². The summed E-state index contributed by atoms with van der Waals surface area (Å²) in [5.74, 6) is -4.04. The first-order valence-electron chi connectivity index (χ1n) is 7.56. The molecule has 1 fully saturated rings. The van der Waals surface area contributed by atoms with E-state index in [9.17, 15) is 28.0 Å². The number of rotatable bonds is 6. The lowest BCUT2D eigenvalue weighted by Crippen LogP contribution is -2.34. The molecule has 1 heterocycles. The van der Waals surface area contributed by atoms with Gasteiger partial charge in [0.1, 0.15) is 11.6 Å². The quantitative estimate of drug-likeness (QED) is 0.615. The van der Waals surface area contributed by atoms with Crippen molar-refractivity contribution in [1.82, 2.24) is 4.90 Å². The van der Waals surface area contributed by atoms with Crippen LogP contribution in [0.1, 0.15) is 26.2 Å². The highest BCUT2D eigenvalue weighted by Crippen LogP contribution is 2.16. The average Bonchev–Trinajstić information content (AvgIpc) is 2.86. The van der Waals surface area contributed by atoms with Crippen LogP contribution < -0.4 is 5.32 Å². The van der Waals surface area contributed by atoms with Crippen LogP contribution in [-0.4, -0.2) is 41.2 Å². The van der Waals surface area contributed by atoms with Crippen molar-refractivity contribution in [2.45, 2.75) is 32.3 Å². The minimum Gasteiger partial charge on any atom is -0.452 e. The molecule has 0 aromatic heterocycles. The Balaban J connectivity index is 1.82. The van der Waals surface area contributed by atoms with Crippen molar-refractivity contribution in [1.29, 1.82) is 0 Å². The number of halogens is 2. The molecule has 1 saturated heterocycles. The van der Waals surface area contributed by atoms with Gasteiger partial charge < -0.3 is 10.1 Å². The first kappa shape index (κ1) is 18.5. The molecule has 1 aliphatic heterocycles. The minimum absolute atomic E-state index is 0.114. The molecule has 0 saturated carbocycles. The molecule has 0 aliphatic carbocycles. The Morgan fingerprint density at radius 1 is 1.24 bits per heavy atom. The van der Waals surface area contributed by atoms with Crippen molar-refractivity contribution in [2.24, 2.45) is 0 Å².